The van der Waals surface area contributed by atoms with Gasteiger partial charge in [-0.2, -0.15) is 12.6 Å². The zero-order valence-corrected chi connectivity index (χ0v) is 16.6. The Morgan fingerprint density at radius 1 is 1.39 bits per heavy atom. The molecule has 1 aromatic rings. The van der Waals surface area contributed by atoms with Gasteiger partial charge in [-0.1, -0.05) is 6.07 Å². The van der Waals surface area contributed by atoms with Crippen LogP contribution in [0.4, 0.5) is 0 Å². The molecule has 1 aromatic carbocycles. The normalized spacial score (nSPS) is 15.7. The zero-order valence-electron chi connectivity index (χ0n) is 15.7. The summed E-state index contributed by atoms with van der Waals surface area (Å²) in [5, 5.41) is 37.6. The van der Waals surface area contributed by atoms with Crippen LogP contribution in [-0.4, -0.2) is 74.1 Å². The monoisotopic (exact) mass is 412 g/mol. The fraction of sp³-hybridized carbons (Fsp3) is 0.529. The van der Waals surface area contributed by atoms with E-state index in [1.165, 1.54) is 17.0 Å². The van der Waals surface area contributed by atoms with Gasteiger partial charge in [0.15, 0.2) is 0 Å². The third-order valence-corrected chi connectivity index (χ3v) is 4.87. The number of rotatable bonds is 8. The molecular weight excluding hydrogens is 387 g/mol. The Morgan fingerprint density at radius 3 is 2.50 bits per heavy atom. The molecule has 1 aliphatic rings. The second-order valence-corrected chi connectivity index (χ2v) is 8.54. The number of carboxylic acid groups (broad SMARTS) is 1. The average molecular weight is 412 g/mol. The number of aryl methyl sites for hydroxylation is 1. The maximum Gasteiger partial charge on any atom is 0.451 e. The lowest BCUT2D eigenvalue weighted by Gasteiger charge is -2.42. The maximum atomic E-state index is 12.3. The second-order valence-electron chi connectivity index (χ2n) is 7.39. The number of hydrogen-bond acceptors (Lipinski definition) is 8. The highest BCUT2D eigenvalue weighted by molar-refractivity contribution is 7.81. The molecule has 154 valence electrons. The first-order valence-corrected chi connectivity index (χ1v) is 9.24. The number of carbonyl (C=O) groups is 2. The fourth-order valence-electron chi connectivity index (χ4n) is 2.78. The lowest BCUT2D eigenvalue weighted by atomic mass is 9.82. The van der Waals surface area contributed by atoms with Crippen molar-refractivity contribution in [2.24, 2.45) is 5.73 Å². The van der Waals surface area contributed by atoms with Crippen molar-refractivity contribution < 1.29 is 34.6 Å². The number of ether oxygens (including phenoxy) is 1. The zero-order chi connectivity index (χ0) is 21.2. The molecule has 6 N–H and O–H groups in total. The Kier molecular flexibility index (Phi) is 6.86. The molecule has 1 saturated heterocycles. The van der Waals surface area contributed by atoms with Gasteiger partial charge < -0.3 is 35.6 Å². The molecule has 9 nitrogen and oxygen atoms in total. The third kappa shape index (κ3) is 5.10. The van der Waals surface area contributed by atoms with Crippen LogP contribution in [0.3, 0.4) is 0 Å². The molecule has 1 heterocycles. The van der Waals surface area contributed by atoms with Crippen LogP contribution in [0.5, 0.6) is 11.5 Å². The SMILES string of the molecule is CC(C)(S)C(N)C(=O)N1CC(Oc2ccc(CCB(O)O)c(O)c2C(=O)O)C1. The molecule has 1 fully saturated rings. The van der Waals surface area contributed by atoms with Crippen LogP contribution in [0.25, 0.3) is 0 Å². The summed E-state index contributed by atoms with van der Waals surface area (Å²) in [5.41, 5.74) is 5.77. The van der Waals surface area contributed by atoms with Crippen molar-refractivity contribution in [1.82, 2.24) is 4.90 Å². The predicted molar refractivity (Wildman–Crippen MR) is 106 cm³/mol. The molecule has 1 atom stereocenters. The van der Waals surface area contributed by atoms with Crippen LogP contribution in [0.2, 0.25) is 6.32 Å². The highest BCUT2D eigenvalue weighted by atomic mass is 32.1. The highest BCUT2D eigenvalue weighted by Crippen LogP contribution is 2.34. The minimum Gasteiger partial charge on any atom is -0.507 e. The van der Waals surface area contributed by atoms with Gasteiger partial charge in [-0.15, -0.1) is 0 Å². The minimum atomic E-state index is -1.56. The van der Waals surface area contributed by atoms with Crippen molar-refractivity contribution in [3.63, 3.8) is 0 Å². The molecule has 2 rings (SSSR count). The summed E-state index contributed by atoms with van der Waals surface area (Å²) >= 11 is 4.31. The van der Waals surface area contributed by atoms with Crippen LogP contribution in [0.1, 0.15) is 29.8 Å². The summed E-state index contributed by atoms with van der Waals surface area (Å²) in [6.45, 7) is 3.97. The van der Waals surface area contributed by atoms with E-state index >= 15 is 0 Å². The number of nitrogens with zero attached hydrogens (tertiary/aromatic N) is 1. The number of amides is 1. The predicted octanol–water partition coefficient (Wildman–Crippen LogP) is -0.269. The first kappa shape index (κ1) is 22.3. The molecule has 0 aromatic heterocycles. The van der Waals surface area contributed by atoms with Crippen molar-refractivity contribution in [3.05, 3.63) is 23.3 Å². The van der Waals surface area contributed by atoms with E-state index in [1.54, 1.807) is 13.8 Å². The molecular formula is C17H25BN2O7S. The van der Waals surface area contributed by atoms with E-state index in [0.29, 0.717) is 0 Å². The van der Waals surface area contributed by atoms with E-state index in [1.807, 2.05) is 0 Å². The average Bonchev–Trinajstić information content (AvgIpc) is 2.54. The van der Waals surface area contributed by atoms with Gasteiger partial charge in [0, 0.05) is 4.75 Å². The lowest BCUT2D eigenvalue weighted by molar-refractivity contribution is -0.142. The van der Waals surface area contributed by atoms with Crippen LogP contribution >= 0.6 is 12.6 Å². The maximum absolute atomic E-state index is 12.3. The van der Waals surface area contributed by atoms with E-state index < -0.39 is 41.3 Å². The third-order valence-electron chi connectivity index (χ3n) is 4.59. The van der Waals surface area contributed by atoms with Crippen LogP contribution < -0.4 is 10.5 Å². The van der Waals surface area contributed by atoms with Crippen molar-refractivity contribution >= 4 is 31.6 Å². The van der Waals surface area contributed by atoms with Gasteiger partial charge in [0.25, 0.3) is 0 Å². The molecule has 0 radical (unpaired) electrons. The van der Waals surface area contributed by atoms with E-state index in [0.717, 1.165) is 0 Å². The Bertz CT molecular complexity index is 748. The van der Waals surface area contributed by atoms with E-state index in [9.17, 15) is 19.8 Å². The number of carbonyl (C=O) groups excluding carboxylic acids is 1. The van der Waals surface area contributed by atoms with E-state index in [4.69, 9.17) is 20.5 Å². The largest absolute Gasteiger partial charge is 0.507 e. The summed E-state index contributed by atoms with van der Waals surface area (Å²) in [7, 11) is -1.56. The van der Waals surface area contributed by atoms with Crippen molar-refractivity contribution in [1.29, 1.82) is 0 Å². The van der Waals surface area contributed by atoms with Crippen molar-refractivity contribution in [2.75, 3.05) is 13.1 Å². The summed E-state index contributed by atoms with van der Waals surface area (Å²) in [6, 6.07) is 2.10. The Balaban J connectivity index is 2.06. The van der Waals surface area contributed by atoms with Crippen molar-refractivity contribution in [3.8, 4) is 11.5 Å². The molecule has 11 heteroatoms. The molecule has 0 spiro atoms. The fourth-order valence-corrected chi connectivity index (χ4v) is 2.89. The number of thiol groups is 1. The minimum absolute atomic E-state index is 0.0192. The summed E-state index contributed by atoms with van der Waals surface area (Å²) in [4.78, 5) is 25.4. The smallest absolute Gasteiger partial charge is 0.451 e. The topological polar surface area (TPSA) is 154 Å². The standard InChI is InChI=1S/C17H25BN2O7S/c1-17(2,28)14(19)15(22)20-7-10(8-20)27-11-4-3-9(5-6-18(25)26)13(21)12(11)16(23)24/h3-4,10,14,21,25-26,28H,5-8,19H2,1-2H3,(H,23,24). The molecule has 0 bridgehead atoms. The van der Waals surface area contributed by atoms with E-state index in [-0.39, 0.29) is 43.1 Å². The molecule has 0 saturated carbocycles. The molecule has 1 aliphatic heterocycles. The number of nitrogens with two attached hydrogens (primary N) is 1. The number of aromatic hydroxyl groups is 1. The van der Waals surface area contributed by atoms with Gasteiger partial charge in [0.1, 0.15) is 23.2 Å². The first-order valence-electron chi connectivity index (χ1n) is 8.79. The molecule has 1 amide bonds. The van der Waals surface area contributed by atoms with Gasteiger partial charge in [0.2, 0.25) is 5.91 Å². The molecule has 1 unspecified atom stereocenters. The lowest BCUT2D eigenvalue weighted by Crippen LogP contribution is -2.62. The quantitative estimate of drug-likeness (QED) is 0.252. The van der Waals surface area contributed by atoms with Crippen LogP contribution in [0.15, 0.2) is 12.1 Å². The van der Waals surface area contributed by atoms with Crippen LogP contribution in [-0.2, 0) is 11.2 Å². The van der Waals surface area contributed by atoms with Gasteiger partial charge in [-0.3, -0.25) is 4.79 Å². The summed E-state index contributed by atoms with van der Waals surface area (Å²) in [5.74, 6) is -2.13. The Labute approximate surface area is 168 Å². The molecule has 28 heavy (non-hydrogen) atoms. The number of benzene rings is 1. The van der Waals surface area contributed by atoms with Gasteiger partial charge in [0.05, 0.1) is 19.1 Å². The van der Waals surface area contributed by atoms with Gasteiger partial charge >= 0.3 is 13.1 Å². The van der Waals surface area contributed by atoms with Crippen LogP contribution in [0, 0.1) is 0 Å². The highest BCUT2D eigenvalue weighted by Gasteiger charge is 2.39. The first-order chi connectivity index (χ1) is 12.9. The van der Waals surface area contributed by atoms with Gasteiger partial charge in [-0.05, 0) is 38.2 Å². The summed E-state index contributed by atoms with van der Waals surface area (Å²) < 4.78 is 4.98. The number of carboxylic acids is 1. The Morgan fingerprint density at radius 2 is 2.00 bits per heavy atom. The number of likely N-dealkylation sites (tertiary alicyclic amines) is 1. The van der Waals surface area contributed by atoms with Crippen molar-refractivity contribution in [2.45, 2.75) is 43.5 Å². The number of phenols is 1. The second kappa shape index (κ2) is 8.60. The Hall–Kier alpha value is -1.95. The van der Waals surface area contributed by atoms with Gasteiger partial charge in [-0.25, -0.2) is 4.79 Å². The summed E-state index contributed by atoms with van der Waals surface area (Å²) in [6.07, 6.45) is -0.386. The number of hydrogen-bond donors (Lipinski definition) is 6. The molecule has 0 aliphatic carbocycles. The van der Waals surface area contributed by atoms with E-state index in [2.05, 4.69) is 12.6 Å². The number of aromatic carboxylic acids is 1.